The van der Waals surface area contributed by atoms with Crippen molar-refractivity contribution in [3.63, 3.8) is 0 Å². The van der Waals surface area contributed by atoms with E-state index in [1.807, 2.05) is 60.7 Å². The molecule has 0 fully saturated rings. The highest BCUT2D eigenvalue weighted by molar-refractivity contribution is 5.99. The summed E-state index contributed by atoms with van der Waals surface area (Å²) in [5.41, 5.74) is 22.3. The molecule has 10 aromatic carbocycles. The Morgan fingerprint density at radius 3 is 1.04 bits per heavy atom. The molecule has 1 aromatic heterocycles. The van der Waals surface area contributed by atoms with E-state index < -0.39 is 5.41 Å². The van der Waals surface area contributed by atoms with Crippen LogP contribution in [0.1, 0.15) is 22.3 Å². The van der Waals surface area contributed by atoms with Crippen molar-refractivity contribution in [1.29, 1.82) is 0 Å². The van der Waals surface area contributed by atoms with E-state index in [9.17, 15) is 0 Å². The van der Waals surface area contributed by atoms with Gasteiger partial charge in [-0.05, 0) is 107 Å². The highest BCUT2D eigenvalue weighted by Gasteiger charge is 2.51. The zero-order chi connectivity index (χ0) is 44.3. The second-order valence-electron chi connectivity index (χ2n) is 17.5. The number of benzene rings is 10. The van der Waals surface area contributed by atoms with Crippen molar-refractivity contribution in [2.75, 3.05) is 0 Å². The van der Waals surface area contributed by atoms with E-state index in [1.165, 1.54) is 72.3 Å². The Morgan fingerprint density at radius 2 is 0.537 bits per heavy atom. The van der Waals surface area contributed by atoms with Gasteiger partial charge < -0.3 is 0 Å². The zero-order valence-electron chi connectivity index (χ0n) is 36.5. The highest BCUT2D eigenvalue weighted by atomic mass is 15.0. The van der Waals surface area contributed by atoms with Crippen molar-refractivity contribution in [2.45, 2.75) is 5.41 Å². The van der Waals surface area contributed by atoms with Crippen LogP contribution < -0.4 is 0 Å². The molecule has 0 atom stereocenters. The summed E-state index contributed by atoms with van der Waals surface area (Å²) < 4.78 is 0. The smallest absolute Gasteiger partial charge is 0.164 e. The van der Waals surface area contributed by atoms with Crippen molar-refractivity contribution in [1.82, 2.24) is 15.0 Å². The summed E-state index contributed by atoms with van der Waals surface area (Å²) in [4.78, 5) is 15.0. The fraction of sp³-hybridized carbons (Fsp3) is 0.0156. The molecule has 312 valence electrons. The number of hydrogen-bond acceptors (Lipinski definition) is 3. The van der Waals surface area contributed by atoms with Crippen LogP contribution in [0.25, 0.3) is 101 Å². The molecule has 0 saturated carbocycles. The quantitative estimate of drug-likeness (QED) is 0.160. The Kier molecular flexibility index (Phi) is 9.07. The molecule has 0 unspecified atom stereocenters. The van der Waals surface area contributed by atoms with Crippen LogP contribution in [0, 0.1) is 0 Å². The van der Waals surface area contributed by atoms with Crippen molar-refractivity contribution >= 4 is 0 Å². The summed E-state index contributed by atoms with van der Waals surface area (Å²) in [6, 6.07) is 89.7. The van der Waals surface area contributed by atoms with Gasteiger partial charge in [-0.15, -0.1) is 0 Å². The van der Waals surface area contributed by atoms with E-state index in [2.05, 4.69) is 188 Å². The van der Waals surface area contributed by atoms with E-state index in [-0.39, 0.29) is 0 Å². The molecule has 3 nitrogen and oxygen atoms in total. The van der Waals surface area contributed by atoms with E-state index >= 15 is 0 Å². The number of fused-ring (bicyclic) bond motifs is 10. The topological polar surface area (TPSA) is 38.7 Å². The summed E-state index contributed by atoms with van der Waals surface area (Å²) in [6.07, 6.45) is 0. The van der Waals surface area contributed by atoms with Gasteiger partial charge in [-0.3, -0.25) is 0 Å². The average Bonchev–Trinajstić information content (AvgIpc) is 3.88. The molecule has 0 aliphatic heterocycles. The molecular weight excluding hydrogens is 811 g/mol. The Morgan fingerprint density at radius 1 is 0.194 bits per heavy atom. The third kappa shape index (κ3) is 6.31. The van der Waals surface area contributed by atoms with Gasteiger partial charge in [-0.25, -0.2) is 15.0 Å². The summed E-state index contributed by atoms with van der Waals surface area (Å²) in [7, 11) is 0. The highest BCUT2D eigenvalue weighted by Crippen LogP contribution is 2.63. The minimum absolute atomic E-state index is 0.445. The summed E-state index contributed by atoms with van der Waals surface area (Å²) in [6.45, 7) is 0. The standard InChI is InChI=1S/C64H41N3/c1-4-17-42(18-5-1)43-31-35-45(36-32-43)54-40-56-53-27-12-15-30-59(53)64(57-28-13-10-25-51(57)52-26-11-14-29-58(52)64)60(56)41-55(54)46-37-33-44(34-38-46)49-23-16-24-50(39-49)63-66-61(47-19-6-2-7-20-47)65-62(67-63)48-21-8-3-9-22-48/h1-41H. The van der Waals surface area contributed by atoms with Gasteiger partial charge in [-0.2, -0.15) is 0 Å². The SMILES string of the molecule is c1ccc(-c2ccc(-c3cc4c(cc3-c3ccc(-c5cccc(-c6nc(-c7ccccc7)nc(-c7ccccc7)n6)c5)cc3)C3(c5ccccc5-c5ccccc53)c3ccccc3-4)cc2)cc1. The van der Waals surface area contributed by atoms with E-state index in [0.717, 1.165) is 33.4 Å². The first kappa shape index (κ1) is 38.6. The normalized spacial score (nSPS) is 12.6. The van der Waals surface area contributed by atoms with Crippen LogP contribution in [0.2, 0.25) is 0 Å². The second-order valence-corrected chi connectivity index (χ2v) is 17.5. The monoisotopic (exact) mass is 851 g/mol. The van der Waals surface area contributed by atoms with Gasteiger partial charge in [-0.1, -0.05) is 231 Å². The van der Waals surface area contributed by atoms with Gasteiger partial charge >= 0.3 is 0 Å². The minimum Gasteiger partial charge on any atom is -0.208 e. The fourth-order valence-electron chi connectivity index (χ4n) is 10.7. The number of nitrogens with zero attached hydrogens (tertiary/aromatic N) is 3. The van der Waals surface area contributed by atoms with Crippen LogP contribution in [-0.4, -0.2) is 15.0 Å². The molecule has 2 aliphatic rings. The Hall–Kier alpha value is -8.79. The molecule has 0 radical (unpaired) electrons. The first-order valence-electron chi connectivity index (χ1n) is 22.9. The Labute approximate surface area is 390 Å². The molecule has 11 aromatic rings. The molecular formula is C64H41N3. The third-order valence-corrected chi connectivity index (χ3v) is 13.8. The molecule has 0 bridgehead atoms. The maximum Gasteiger partial charge on any atom is 0.164 e. The number of rotatable bonds is 7. The lowest BCUT2D eigenvalue weighted by Gasteiger charge is -2.31. The van der Waals surface area contributed by atoms with Crippen molar-refractivity contribution < 1.29 is 0 Å². The van der Waals surface area contributed by atoms with Gasteiger partial charge in [0.1, 0.15) is 0 Å². The predicted molar refractivity (Wildman–Crippen MR) is 274 cm³/mol. The Balaban J connectivity index is 0.957. The van der Waals surface area contributed by atoms with E-state index in [0.29, 0.717) is 17.5 Å². The van der Waals surface area contributed by atoms with Crippen LogP contribution in [0.4, 0.5) is 0 Å². The maximum absolute atomic E-state index is 5.03. The molecule has 0 N–H and O–H groups in total. The lowest BCUT2D eigenvalue weighted by molar-refractivity contribution is 0.794. The van der Waals surface area contributed by atoms with Crippen molar-refractivity contribution in [3.05, 3.63) is 271 Å². The molecule has 1 spiro atoms. The third-order valence-electron chi connectivity index (χ3n) is 13.8. The van der Waals surface area contributed by atoms with Crippen molar-refractivity contribution in [3.8, 4) is 101 Å². The summed E-state index contributed by atoms with van der Waals surface area (Å²) >= 11 is 0. The minimum atomic E-state index is -0.445. The van der Waals surface area contributed by atoms with Crippen LogP contribution in [0.15, 0.2) is 249 Å². The van der Waals surface area contributed by atoms with Crippen LogP contribution in [-0.2, 0) is 5.41 Å². The van der Waals surface area contributed by atoms with Gasteiger partial charge in [0.15, 0.2) is 17.5 Å². The first-order chi connectivity index (χ1) is 33.2. The predicted octanol–water partition coefficient (Wildman–Crippen LogP) is 15.9. The lowest BCUT2D eigenvalue weighted by Crippen LogP contribution is -2.25. The van der Waals surface area contributed by atoms with Gasteiger partial charge in [0.2, 0.25) is 0 Å². The molecule has 0 amide bonds. The van der Waals surface area contributed by atoms with E-state index in [1.54, 1.807) is 0 Å². The molecule has 67 heavy (non-hydrogen) atoms. The molecule has 13 rings (SSSR count). The van der Waals surface area contributed by atoms with Crippen LogP contribution in [0.3, 0.4) is 0 Å². The lowest BCUT2D eigenvalue weighted by atomic mass is 9.70. The average molecular weight is 852 g/mol. The first-order valence-corrected chi connectivity index (χ1v) is 22.9. The van der Waals surface area contributed by atoms with Gasteiger partial charge in [0, 0.05) is 16.7 Å². The Bertz CT molecular complexity index is 3550. The largest absolute Gasteiger partial charge is 0.208 e. The van der Waals surface area contributed by atoms with Gasteiger partial charge in [0.05, 0.1) is 5.41 Å². The molecule has 0 saturated heterocycles. The van der Waals surface area contributed by atoms with Crippen LogP contribution >= 0.6 is 0 Å². The van der Waals surface area contributed by atoms with Crippen LogP contribution in [0.5, 0.6) is 0 Å². The van der Waals surface area contributed by atoms with Crippen molar-refractivity contribution in [2.24, 2.45) is 0 Å². The fourth-order valence-corrected chi connectivity index (χ4v) is 10.7. The molecule has 3 heteroatoms. The second kappa shape index (κ2) is 15.7. The van der Waals surface area contributed by atoms with Gasteiger partial charge in [0.25, 0.3) is 0 Å². The summed E-state index contributed by atoms with van der Waals surface area (Å²) in [5.74, 6) is 1.93. The number of hydrogen-bond donors (Lipinski definition) is 0. The molecule has 1 heterocycles. The number of aromatic nitrogens is 3. The zero-order valence-corrected chi connectivity index (χ0v) is 36.5. The summed E-state index contributed by atoms with van der Waals surface area (Å²) in [5, 5.41) is 0. The maximum atomic E-state index is 5.03. The molecule has 2 aliphatic carbocycles. The van der Waals surface area contributed by atoms with E-state index in [4.69, 9.17) is 15.0 Å².